The molecule has 0 saturated heterocycles. The summed E-state index contributed by atoms with van der Waals surface area (Å²) in [5.41, 5.74) is 6.57. The summed E-state index contributed by atoms with van der Waals surface area (Å²) in [6.45, 7) is 8.63. The van der Waals surface area contributed by atoms with Gasteiger partial charge in [-0.15, -0.1) is 12.3 Å². The summed E-state index contributed by atoms with van der Waals surface area (Å²) in [6.07, 6.45) is 9.73. The Bertz CT molecular complexity index is 264. The Labute approximate surface area is 100 Å². The molecule has 0 aliphatic heterocycles. The van der Waals surface area contributed by atoms with Crippen molar-refractivity contribution < 1.29 is 0 Å². The first kappa shape index (κ1) is 13.5. The Hall–Kier alpha value is -0.520. The average Bonchev–Trinajstić information content (AvgIpc) is 2.21. The molecule has 0 bridgehead atoms. The van der Waals surface area contributed by atoms with E-state index in [0.29, 0.717) is 11.3 Å². The van der Waals surface area contributed by atoms with Crippen LogP contribution in [0.2, 0.25) is 0 Å². The van der Waals surface area contributed by atoms with Crippen LogP contribution in [0.25, 0.3) is 0 Å². The minimum absolute atomic E-state index is 0.117. The summed E-state index contributed by atoms with van der Waals surface area (Å²) in [5, 5.41) is 3.61. The molecule has 0 aromatic heterocycles. The van der Waals surface area contributed by atoms with Gasteiger partial charge in [0.15, 0.2) is 0 Å². The van der Waals surface area contributed by atoms with E-state index in [9.17, 15) is 0 Å². The van der Waals surface area contributed by atoms with Gasteiger partial charge in [-0.05, 0) is 30.6 Å². The van der Waals surface area contributed by atoms with Crippen LogP contribution < -0.4 is 11.1 Å². The fourth-order valence-corrected chi connectivity index (χ4v) is 2.96. The molecule has 2 nitrogen and oxygen atoms in total. The summed E-state index contributed by atoms with van der Waals surface area (Å²) >= 11 is 0. The third kappa shape index (κ3) is 2.99. The highest BCUT2D eigenvalue weighted by atomic mass is 15.0. The zero-order valence-electron chi connectivity index (χ0n) is 11.0. The van der Waals surface area contributed by atoms with Crippen molar-refractivity contribution >= 4 is 0 Å². The van der Waals surface area contributed by atoms with E-state index >= 15 is 0 Å². The van der Waals surface area contributed by atoms with Gasteiger partial charge in [-0.3, -0.25) is 0 Å². The summed E-state index contributed by atoms with van der Waals surface area (Å²) < 4.78 is 0. The Balaban J connectivity index is 2.63. The molecule has 1 fully saturated rings. The predicted molar refractivity (Wildman–Crippen MR) is 70.0 cm³/mol. The van der Waals surface area contributed by atoms with E-state index in [2.05, 4.69) is 32.0 Å². The van der Waals surface area contributed by atoms with E-state index in [4.69, 9.17) is 12.2 Å². The van der Waals surface area contributed by atoms with Gasteiger partial charge in [0.1, 0.15) is 0 Å². The lowest BCUT2D eigenvalue weighted by molar-refractivity contribution is 0.0798. The summed E-state index contributed by atoms with van der Waals surface area (Å²) in [5.74, 6) is 3.30. The second kappa shape index (κ2) is 5.21. The predicted octanol–water partition coefficient (Wildman–Crippen LogP) is 2.14. The topological polar surface area (TPSA) is 38.0 Å². The quantitative estimate of drug-likeness (QED) is 0.565. The molecule has 1 aliphatic rings. The van der Waals surface area contributed by atoms with E-state index < -0.39 is 0 Å². The zero-order chi connectivity index (χ0) is 12.2. The molecule has 0 aromatic carbocycles. The van der Waals surface area contributed by atoms with Crippen LogP contribution >= 0.6 is 0 Å². The highest BCUT2D eigenvalue weighted by Crippen LogP contribution is 2.43. The van der Waals surface area contributed by atoms with E-state index in [1.807, 2.05) is 0 Å². The molecule has 2 heteroatoms. The maximum absolute atomic E-state index is 5.99. The molecule has 1 saturated carbocycles. The number of hydrogen-bond acceptors (Lipinski definition) is 2. The summed E-state index contributed by atoms with van der Waals surface area (Å²) in [6, 6.07) is 0. The van der Waals surface area contributed by atoms with E-state index in [-0.39, 0.29) is 5.54 Å². The van der Waals surface area contributed by atoms with Gasteiger partial charge < -0.3 is 11.1 Å². The van der Waals surface area contributed by atoms with E-state index in [0.717, 1.165) is 19.5 Å². The van der Waals surface area contributed by atoms with Crippen LogP contribution in [-0.2, 0) is 0 Å². The smallest absolute Gasteiger partial charge is 0.0330 e. The lowest BCUT2D eigenvalue weighted by Crippen LogP contribution is -2.59. The number of nitrogens with two attached hydrogens (primary N) is 1. The molecule has 2 unspecified atom stereocenters. The monoisotopic (exact) mass is 222 g/mol. The SMILES string of the molecule is C#CCCNC1(CN)CCC(C)(C)CC1C. The van der Waals surface area contributed by atoms with Crippen molar-refractivity contribution in [2.45, 2.75) is 52.0 Å². The highest BCUT2D eigenvalue weighted by Gasteiger charge is 2.42. The lowest BCUT2D eigenvalue weighted by Gasteiger charge is -2.48. The van der Waals surface area contributed by atoms with Gasteiger partial charge in [0.2, 0.25) is 0 Å². The normalized spacial score (nSPS) is 33.3. The van der Waals surface area contributed by atoms with Gasteiger partial charge in [0.05, 0.1) is 0 Å². The molecular formula is C14H26N2. The molecule has 0 amide bonds. The van der Waals surface area contributed by atoms with Crippen molar-refractivity contribution in [3.05, 3.63) is 0 Å². The molecule has 0 heterocycles. The van der Waals surface area contributed by atoms with Gasteiger partial charge in [-0.2, -0.15) is 0 Å². The number of hydrogen-bond donors (Lipinski definition) is 2. The van der Waals surface area contributed by atoms with Crippen LogP contribution in [0.3, 0.4) is 0 Å². The number of nitrogens with one attached hydrogen (secondary N) is 1. The van der Waals surface area contributed by atoms with Crippen molar-refractivity contribution in [2.75, 3.05) is 13.1 Å². The van der Waals surface area contributed by atoms with E-state index in [1.54, 1.807) is 0 Å². The Kier molecular flexibility index (Phi) is 4.41. The minimum atomic E-state index is 0.117. The van der Waals surface area contributed by atoms with Crippen LogP contribution in [0.15, 0.2) is 0 Å². The van der Waals surface area contributed by atoms with Crippen molar-refractivity contribution in [2.24, 2.45) is 17.1 Å². The van der Waals surface area contributed by atoms with Crippen molar-refractivity contribution in [1.29, 1.82) is 0 Å². The van der Waals surface area contributed by atoms with Gasteiger partial charge in [0, 0.05) is 25.0 Å². The third-order valence-corrected chi connectivity index (χ3v) is 4.16. The highest BCUT2D eigenvalue weighted by molar-refractivity contribution is 5.01. The third-order valence-electron chi connectivity index (χ3n) is 4.16. The Morgan fingerprint density at radius 2 is 2.12 bits per heavy atom. The van der Waals surface area contributed by atoms with Crippen LogP contribution in [0.4, 0.5) is 0 Å². The maximum Gasteiger partial charge on any atom is 0.0330 e. The van der Waals surface area contributed by atoms with Gasteiger partial charge in [-0.1, -0.05) is 20.8 Å². The second-order valence-corrected chi connectivity index (χ2v) is 6.01. The average molecular weight is 222 g/mol. The molecule has 16 heavy (non-hydrogen) atoms. The molecular weight excluding hydrogens is 196 g/mol. The molecule has 92 valence electrons. The van der Waals surface area contributed by atoms with Crippen LogP contribution in [0, 0.1) is 23.7 Å². The van der Waals surface area contributed by atoms with Gasteiger partial charge in [-0.25, -0.2) is 0 Å². The number of rotatable bonds is 4. The van der Waals surface area contributed by atoms with Gasteiger partial charge >= 0.3 is 0 Å². The Morgan fingerprint density at radius 3 is 2.62 bits per heavy atom. The molecule has 1 rings (SSSR count). The minimum Gasteiger partial charge on any atom is -0.329 e. The first-order chi connectivity index (χ1) is 7.46. The summed E-state index contributed by atoms with van der Waals surface area (Å²) in [7, 11) is 0. The molecule has 3 N–H and O–H groups in total. The molecule has 0 spiro atoms. The molecule has 0 radical (unpaired) electrons. The molecule has 2 atom stereocenters. The fraction of sp³-hybridized carbons (Fsp3) is 0.857. The number of terminal acetylenes is 1. The first-order valence-electron chi connectivity index (χ1n) is 6.34. The second-order valence-electron chi connectivity index (χ2n) is 6.01. The van der Waals surface area contributed by atoms with Crippen LogP contribution in [0.1, 0.15) is 46.5 Å². The maximum atomic E-state index is 5.99. The van der Waals surface area contributed by atoms with Crippen molar-refractivity contribution in [3.63, 3.8) is 0 Å². The molecule has 1 aliphatic carbocycles. The first-order valence-corrected chi connectivity index (χ1v) is 6.34. The van der Waals surface area contributed by atoms with Gasteiger partial charge in [0.25, 0.3) is 0 Å². The van der Waals surface area contributed by atoms with Crippen LogP contribution in [-0.4, -0.2) is 18.6 Å². The van der Waals surface area contributed by atoms with Crippen molar-refractivity contribution in [3.8, 4) is 12.3 Å². The summed E-state index contributed by atoms with van der Waals surface area (Å²) in [4.78, 5) is 0. The van der Waals surface area contributed by atoms with E-state index in [1.165, 1.54) is 19.3 Å². The zero-order valence-corrected chi connectivity index (χ0v) is 11.0. The largest absolute Gasteiger partial charge is 0.329 e. The molecule has 0 aromatic rings. The lowest BCUT2D eigenvalue weighted by atomic mass is 9.64. The van der Waals surface area contributed by atoms with Crippen LogP contribution in [0.5, 0.6) is 0 Å². The van der Waals surface area contributed by atoms with Crippen molar-refractivity contribution in [1.82, 2.24) is 5.32 Å². The Morgan fingerprint density at radius 1 is 1.44 bits per heavy atom. The standard InChI is InChI=1S/C14H26N2/c1-5-6-9-16-14(11-15)8-7-13(3,4)10-12(14)2/h1,12,16H,6-11,15H2,2-4H3. The fourth-order valence-electron chi connectivity index (χ4n) is 2.96.